The molecule has 1 aliphatic rings. The summed E-state index contributed by atoms with van der Waals surface area (Å²) in [4.78, 5) is 14.3. The third kappa shape index (κ3) is 20.1. The minimum Gasteiger partial charge on any atom is -0.465 e. The van der Waals surface area contributed by atoms with Crippen LogP contribution in [0.5, 0.6) is 0 Å². The van der Waals surface area contributed by atoms with Crippen molar-refractivity contribution in [3.63, 3.8) is 0 Å². The fourth-order valence-corrected chi connectivity index (χ4v) is 5.83. The molecule has 0 aromatic carbocycles. The van der Waals surface area contributed by atoms with E-state index >= 15 is 0 Å². The maximum atomic E-state index is 13.4. The minimum atomic E-state index is -3.55. The van der Waals surface area contributed by atoms with Crippen LogP contribution in [-0.4, -0.2) is 63.8 Å². The Kier molecular flexibility index (Phi) is 20.3. The molecule has 1 aliphatic carbocycles. The summed E-state index contributed by atoms with van der Waals surface area (Å²) in [7, 11) is -3.55. The molecule has 0 aliphatic heterocycles. The summed E-state index contributed by atoms with van der Waals surface area (Å²) in [6, 6.07) is -0.252. The summed E-state index contributed by atoms with van der Waals surface area (Å²) in [5.74, 6) is -2.33. The van der Waals surface area contributed by atoms with E-state index in [2.05, 4.69) is 13.8 Å². The van der Waals surface area contributed by atoms with E-state index in [1.54, 1.807) is 0 Å². The van der Waals surface area contributed by atoms with Gasteiger partial charge in [-0.3, -0.25) is 13.9 Å². The van der Waals surface area contributed by atoms with E-state index in [0.29, 0.717) is 38.5 Å². The number of unbranched alkanes of at least 4 members (excludes halogenated alkanes) is 12. The van der Waals surface area contributed by atoms with Crippen molar-refractivity contribution in [2.24, 2.45) is 5.92 Å². The molecule has 238 valence electrons. The van der Waals surface area contributed by atoms with Gasteiger partial charge < -0.3 is 4.74 Å². The zero-order chi connectivity index (χ0) is 29.7. The van der Waals surface area contributed by atoms with Gasteiger partial charge in [0.25, 0.3) is 16.0 Å². The predicted molar refractivity (Wildman–Crippen MR) is 159 cm³/mol. The number of carbonyl (C=O) groups is 1. The molecule has 0 heterocycles. The monoisotopic (exact) mass is 595 g/mol. The standard InChI is InChI=1S/C31H59F2NO5S/c1-4-6-8-10-12-15-19-28(20-16-13-11-9-7-5-2)27-38-30(35)21-17-14-18-22-34(23-24-39-40(3,36)37)29-25-31(32,33)26-29/h28-29H,4-27H2,1-3H3. The van der Waals surface area contributed by atoms with Crippen molar-refractivity contribution in [3.05, 3.63) is 0 Å². The number of hydrogen-bond donors (Lipinski definition) is 0. The van der Waals surface area contributed by atoms with E-state index in [4.69, 9.17) is 8.92 Å². The second-order valence-electron chi connectivity index (χ2n) is 12.0. The van der Waals surface area contributed by atoms with Crippen molar-refractivity contribution >= 4 is 16.1 Å². The summed E-state index contributed by atoms with van der Waals surface area (Å²) >= 11 is 0. The normalized spacial score (nSPS) is 15.6. The molecule has 0 spiro atoms. The molecule has 0 bridgehead atoms. The van der Waals surface area contributed by atoms with E-state index < -0.39 is 16.0 Å². The highest BCUT2D eigenvalue weighted by molar-refractivity contribution is 7.85. The van der Waals surface area contributed by atoms with Gasteiger partial charge in [-0.1, -0.05) is 97.3 Å². The molecule has 0 saturated heterocycles. The first kappa shape index (κ1) is 37.2. The van der Waals surface area contributed by atoms with Crippen LogP contribution in [0.2, 0.25) is 0 Å². The van der Waals surface area contributed by atoms with E-state index in [-0.39, 0.29) is 31.5 Å². The van der Waals surface area contributed by atoms with E-state index in [1.165, 1.54) is 77.0 Å². The van der Waals surface area contributed by atoms with Crippen LogP contribution >= 0.6 is 0 Å². The van der Waals surface area contributed by atoms with Gasteiger partial charge in [0.1, 0.15) is 0 Å². The van der Waals surface area contributed by atoms with Crippen molar-refractivity contribution in [1.82, 2.24) is 4.90 Å². The Bertz CT molecular complexity index is 726. The van der Waals surface area contributed by atoms with Crippen molar-refractivity contribution < 1.29 is 30.9 Å². The molecule has 1 saturated carbocycles. The van der Waals surface area contributed by atoms with Crippen LogP contribution < -0.4 is 0 Å². The van der Waals surface area contributed by atoms with Gasteiger partial charge in [-0.05, 0) is 38.1 Å². The third-order valence-electron chi connectivity index (χ3n) is 8.00. The molecular formula is C31H59F2NO5S. The highest BCUT2D eigenvalue weighted by Gasteiger charge is 2.47. The topological polar surface area (TPSA) is 72.9 Å². The molecule has 0 unspecified atom stereocenters. The Morgan fingerprint density at radius 3 is 1.88 bits per heavy atom. The van der Waals surface area contributed by atoms with Crippen LogP contribution in [0.1, 0.15) is 142 Å². The lowest BCUT2D eigenvalue weighted by molar-refractivity contribution is -0.145. The molecule has 0 radical (unpaired) electrons. The maximum absolute atomic E-state index is 13.4. The molecular weight excluding hydrogens is 536 g/mol. The molecule has 0 amide bonds. The van der Waals surface area contributed by atoms with Gasteiger partial charge in [-0.2, -0.15) is 8.42 Å². The van der Waals surface area contributed by atoms with Crippen molar-refractivity contribution in [2.45, 2.75) is 154 Å². The summed E-state index contributed by atoms with van der Waals surface area (Å²) < 4.78 is 59.7. The lowest BCUT2D eigenvalue weighted by atomic mass is 9.86. The molecule has 0 N–H and O–H groups in total. The van der Waals surface area contributed by atoms with Crippen molar-refractivity contribution in [2.75, 3.05) is 32.6 Å². The van der Waals surface area contributed by atoms with Gasteiger partial charge in [-0.15, -0.1) is 0 Å². The summed E-state index contributed by atoms with van der Waals surface area (Å²) in [5, 5.41) is 0. The Morgan fingerprint density at radius 1 is 0.825 bits per heavy atom. The average Bonchev–Trinajstić information content (AvgIpc) is 2.87. The molecule has 0 aromatic rings. The van der Waals surface area contributed by atoms with Crippen LogP contribution in [0.4, 0.5) is 8.78 Å². The number of halogens is 2. The lowest BCUT2D eigenvalue weighted by Gasteiger charge is -2.42. The lowest BCUT2D eigenvalue weighted by Crippen LogP contribution is -2.52. The van der Waals surface area contributed by atoms with Crippen LogP contribution in [-0.2, 0) is 23.8 Å². The van der Waals surface area contributed by atoms with Gasteiger partial charge in [0, 0.05) is 31.8 Å². The summed E-state index contributed by atoms with van der Waals surface area (Å²) in [6.07, 6.45) is 20.8. The van der Waals surface area contributed by atoms with E-state index in [9.17, 15) is 22.0 Å². The fourth-order valence-electron chi connectivity index (χ4n) is 5.45. The smallest absolute Gasteiger partial charge is 0.305 e. The molecule has 6 nitrogen and oxygen atoms in total. The summed E-state index contributed by atoms with van der Waals surface area (Å²) in [5.41, 5.74) is 0. The first-order valence-electron chi connectivity index (χ1n) is 16.2. The number of hydrogen-bond acceptors (Lipinski definition) is 6. The van der Waals surface area contributed by atoms with Gasteiger partial charge >= 0.3 is 5.97 Å². The number of carbonyl (C=O) groups excluding carboxylic acids is 1. The second kappa shape index (κ2) is 21.8. The Labute approximate surface area is 244 Å². The van der Waals surface area contributed by atoms with Gasteiger partial charge in [0.15, 0.2) is 0 Å². The second-order valence-corrected chi connectivity index (χ2v) is 13.6. The van der Waals surface area contributed by atoms with Crippen LogP contribution in [0, 0.1) is 5.92 Å². The molecule has 0 aromatic heterocycles. The number of rotatable bonds is 27. The predicted octanol–water partition coefficient (Wildman–Crippen LogP) is 8.28. The molecule has 9 heteroatoms. The van der Waals surface area contributed by atoms with Crippen LogP contribution in [0.3, 0.4) is 0 Å². The number of nitrogens with zero attached hydrogens (tertiary/aromatic N) is 1. The Balaban J connectivity index is 2.31. The molecule has 1 fully saturated rings. The van der Waals surface area contributed by atoms with Gasteiger partial charge in [0.2, 0.25) is 0 Å². The first-order valence-corrected chi connectivity index (χ1v) is 18.0. The van der Waals surface area contributed by atoms with Crippen molar-refractivity contribution in [3.8, 4) is 0 Å². The third-order valence-corrected chi connectivity index (χ3v) is 8.59. The highest BCUT2D eigenvalue weighted by Crippen LogP contribution is 2.40. The van der Waals surface area contributed by atoms with Gasteiger partial charge in [0.05, 0.1) is 19.5 Å². The SMILES string of the molecule is CCCCCCCCC(CCCCCCCC)COC(=O)CCCCCN(CCOS(C)(=O)=O)C1CC(F)(F)C1. The minimum absolute atomic E-state index is 0.0358. The van der Waals surface area contributed by atoms with E-state index in [1.807, 2.05) is 4.90 Å². The Hall–Kier alpha value is -0.800. The fraction of sp³-hybridized carbons (Fsp3) is 0.968. The maximum Gasteiger partial charge on any atom is 0.305 e. The molecule has 0 atom stereocenters. The zero-order valence-electron chi connectivity index (χ0n) is 25.8. The summed E-state index contributed by atoms with van der Waals surface area (Å²) in [6.45, 7) is 5.84. The van der Waals surface area contributed by atoms with Gasteiger partial charge in [-0.25, -0.2) is 8.78 Å². The number of ether oxygens (including phenoxy) is 1. The van der Waals surface area contributed by atoms with E-state index in [0.717, 1.165) is 31.9 Å². The number of esters is 1. The zero-order valence-corrected chi connectivity index (χ0v) is 26.6. The molecule has 1 rings (SSSR count). The first-order chi connectivity index (χ1) is 19.1. The largest absolute Gasteiger partial charge is 0.465 e. The van der Waals surface area contributed by atoms with Crippen LogP contribution in [0.25, 0.3) is 0 Å². The quantitative estimate of drug-likeness (QED) is 0.0540. The highest BCUT2D eigenvalue weighted by atomic mass is 32.2. The number of alkyl halides is 2. The van der Waals surface area contributed by atoms with Crippen molar-refractivity contribution in [1.29, 1.82) is 0 Å². The van der Waals surface area contributed by atoms with Crippen LogP contribution in [0.15, 0.2) is 0 Å². The Morgan fingerprint density at radius 2 is 1.35 bits per heavy atom. The molecule has 40 heavy (non-hydrogen) atoms. The average molecular weight is 596 g/mol.